The smallest absolute Gasteiger partial charge is 0.466 e. The highest BCUT2D eigenvalue weighted by molar-refractivity contribution is 8.13. The number of benzene rings is 1. The Kier molecular flexibility index (Phi) is 11.9. The van der Waals surface area contributed by atoms with E-state index in [1.165, 1.54) is 0 Å². The zero-order valence-corrected chi connectivity index (χ0v) is 22.4. The number of phosphoric ester groups is 1. The van der Waals surface area contributed by atoms with Crippen LogP contribution in [-0.2, 0) is 37.5 Å². The second kappa shape index (κ2) is 14.4. The first-order chi connectivity index (χ1) is 17.0. The molecule has 1 heterocycles. The lowest BCUT2D eigenvalue weighted by molar-refractivity contribution is -0.144. The van der Waals surface area contributed by atoms with Crippen molar-refractivity contribution in [2.45, 2.75) is 46.1 Å². The summed E-state index contributed by atoms with van der Waals surface area (Å²) in [5, 5.41) is 5.13. The molecule has 1 aliphatic rings. The molecule has 1 unspecified atom stereocenters. The number of rotatable bonds is 13. The highest BCUT2D eigenvalue weighted by Crippen LogP contribution is 2.56. The van der Waals surface area contributed by atoms with Gasteiger partial charge in [0.05, 0.1) is 19.6 Å². The number of nitrogens with one attached hydrogen (secondary N) is 2. The van der Waals surface area contributed by atoms with E-state index in [0.29, 0.717) is 5.75 Å². The van der Waals surface area contributed by atoms with Crippen molar-refractivity contribution in [3.63, 3.8) is 0 Å². The van der Waals surface area contributed by atoms with Crippen molar-refractivity contribution in [3.05, 3.63) is 30.3 Å². The first-order valence-electron chi connectivity index (χ1n) is 11.6. The number of ether oxygens (including phenoxy) is 1. The fourth-order valence-corrected chi connectivity index (χ4v) is 5.37. The van der Waals surface area contributed by atoms with E-state index in [4.69, 9.17) is 18.3 Å². The van der Waals surface area contributed by atoms with Crippen LogP contribution >= 0.6 is 19.6 Å². The van der Waals surface area contributed by atoms with Crippen molar-refractivity contribution in [2.75, 3.05) is 32.1 Å². The Labute approximate surface area is 215 Å². The molecule has 36 heavy (non-hydrogen) atoms. The van der Waals surface area contributed by atoms with Gasteiger partial charge in [0.1, 0.15) is 5.75 Å². The fourth-order valence-electron chi connectivity index (χ4n) is 3.03. The Bertz CT molecular complexity index is 958. The minimum absolute atomic E-state index is 0.00896. The minimum atomic E-state index is -4.01. The minimum Gasteiger partial charge on any atom is -0.466 e. The van der Waals surface area contributed by atoms with E-state index in [9.17, 15) is 23.7 Å². The van der Waals surface area contributed by atoms with E-state index in [1.807, 2.05) is 0 Å². The van der Waals surface area contributed by atoms with Gasteiger partial charge in [-0.25, -0.2) is 4.57 Å². The molecule has 0 aromatic heterocycles. The Morgan fingerprint density at radius 3 is 2.50 bits per heavy atom. The van der Waals surface area contributed by atoms with Gasteiger partial charge in [-0.1, -0.05) is 43.8 Å². The SMILES string of the molecule is CCOC(=O)CCC(=O)SCCNC(=O)CCNC(=O)[C@@H]1OP(=O)(Oc2ccccc2)OCC1(C)C. The lowest BCUT2D eigenvalue weighted by Gasteiger charge is -2.39. The molecule has 1 aromatic rings. The van der Waals surface area contributed by atoms with Gasteiger partial charge < -0.3 is 19.9 Å². The van der Waals surface area contributed by atoms with E-state index in [2.05, 4.69) is 10.6 Å². The Hall–Kier alpha value is -2.40. The summed E-state index contributed by atoms with van der Waals surface area (Å²) < 4.78 is 33.9. The molecule has 2 atom stereocenters. The molecule has 2 N–H and O–H groups in total. The molecule has 11 nitrogen and oxygen atoms in total. The summed E-state index contributed by atoms with van der Waals surface area (Å²) in [6.07, 6.45) is -0.986. The largest absolute Gasteiger partial charge is 0.530 e. The third-order valence-electron chi connectivity index (χ3n) is 4.91. The van der Waals surface area contributed by atoms with Gasteiger partial charge in [-0.15, -0.1) is 0 Å². The number of esters is 1. The van der Waals surface area contributed by atoms with Crippen LogP contribution in [0.3, 0.4) is 0 Å². The molecule has 1 aromatic carbocycles. The summed E-state index contributed by atoms with van der Waals surface area (Å²) in [6.45, 7) is 5.73. The van der Waals surface area contributed by atoms with Crippen molar-refractivity contribution in [1.29, 1.82) is 0 Å². The summed E-state index contributed by atoms with van der Waals surface area (Å²) in [5.41, 5.74) is -0.780. The van der Waals surface area contributed by atoms with Gasteiger partial charge >= 0.3 is 13.8 Å². The Morgan fingerprint density at radius 2 is 1.81 bits per heavy atom. The van der Waals surface area contributed by atoms with Crippen molar-refractivity contribution in [1.82, 2.24) is 10.6 Å². The standard InChI is InChI=1S/C23H33N2O9PS/c1-4-31-19(27)10-11-20(28)36-15-14-24-18(26)12-13-25-22(29)21-23(2,3)16-32-35(30,34-21)33-17-8-6-5-7-9-17/h5-9,21H,4,10-16H2,1-3H3,(H,24,26)(H,25,29)/t21-,35?/m0/s1. The van der Waals surface area contributed by atoms with E-state index in [1.54, 1.807) is 51.1 Å². The van der Waals surface area contributed by atoms with Crippen LogP contribution in [0.4, 0.5) is 0 Å². The number of carbonyl (C=O) groups excluding carboxylic acids is 4. The maximum absolute atomic E-state index is 12.9. The molecule has 0 spiro atoms. The van der Waals surface area contributed by atoms with Gasteiger partial charge in [-0.3, -0.25) is 28.2 Å². The van der Waals surface area contributed by atoms with Crippen LogP contribution in [0.25, 0.3) is 0 Å². The van der Waals surface area contributed by atoms with Crippen molar-refractivity contribution >= 4 is 42.5 Å². The van der Waals surface area contributed by atoms with E-state index in [-0.39, 0.29) is 62.3 Å². The van der Waals surface area contributed by atoms with Gasteiger partial charge in [0.2, 0.25) is 5.91 Å². The zero-order chi connectivity index (χ0) is 26.6. The maximum Gasteiger partial charge on any atom is 0.530 e. The van der Waals surface area contributed by atoms with Crippen LogP contribution in [0.5, 0.6) is 5.75 Å². The number of hydrogen-bond acceptors (Lipinski definition) is 10. The van der Waals surface area contributed by atoms with Crippen molar-refractivity contribution in [2.24, 2.45) is 5.41 Å². The lowest BCUT2D eigenvalue weighted by Crippen LogP contribution is -2.50. The molecule has 13 heteroatoms. The Balaban J connectivity index is 1.69. The van der Waals surface area contributed by atoms with E-state index >= 15 is 0 Å². The van der Waals surface area contributed by atoms with Gasteiger partial charge in [0, 0.05) is 37.1 Å². The molecule has 1 fully saturated rings. The number of carbonyl (C=O) groups is 4. The third-order valence-corrected chi connectivity index (χ3v) is 7.20. The average Bonchev–Trinajstić information content (AvgIpc) is 2.83. The molecule has 0 aliphatic carbocycles. The number of hydrogen-bond donors (Lipinski definition) is 2. The molecular formula is C23H33N2O9PS. The highest BCUT2D eigenvalue weighted by Gasteiger charge is 2.49. The van der Waals surface area contributed by atoms with Gasteiger partial charge in [0.25, 0.3) is 5.91 Å². The second-order valence-corrected chi connectivity index (χ2v) is 11.2. The lowest BCUT2D eigenvalue weighted by atomic mass is 9.87. The second-order valence-electron chi connectivity index (χ2n) is 8.52. The summed E-state index contributed by atoms with van der Waals surface area (Å²) in [6, 6.07) is 8.37. The summed E-state index contributed by atoms with van der Waals surface area (Å²) in [4.78, 5) is 47.8. The molecule has 2 amide bonds. The van der Waals surface area contributed by atoms with Crippen LogP contribution < -0.4 is 15.2 Å². The summed E-state index contributed by atoms with van der Waals surface area (Å²) >= 11 is 1.03. The van der Waals surface area contributed by atoms with Crippen molar-refractivity contribution in [3.8, 4) is 5.75 Å². The fraction of sp³-hybridized carbons (Fsp3) is 0.565. The summed E-state index contributed by atoms with van der Waals surface area (Å²) in [7, 11) is -4.01. The van der Waals surface area contributed by atoms with Crippen molar-refractivity contribution < 1.29 is 42.1 Å². The van der Waals surface area contributed by atoms with E-state index < -0.39 is 31.2 Å². The van der Waals surface area contributed by atoms with Gasteiger partial charge in [-0.05, 0) is 19.1 Å². The predicted molar refractivity (Wildman–Crippen MR) is 133 cm³/mol. The topological polar surface area (TPSA) is 146 Å². The molecule has 0 saturated carbocycles. The molecule has 0 radical (unpaired) electrons. The van der Waals surface area contributed by atoms with Crippen LogP contribution in [0.2, 0.25) is 0 Å². The van der Waals surface area contributed by atoms with Crippen LogP contribution in [0.15, 0.2) is 30.3 Å². The molecular weight excluding hydrogens is 511 g/mol. The first kappa shape index (κ1) is 29.8. The number of amides is 2. The maximum atomic E-state index is 12.9. The number of phosphoric acid groups is 1. The number of para-hydroxylation sites is 1. The molecule has 2 rings (SSSR count). The van der Waals surface area contributed by atoms with Gasteiger partial charge in [0.15, 0.2) is 11.2 Å². The third kappa shape index (κ3) is 10.3. The monoisotopic (exact) mass is 544 g/mol. The Morgan fingerprint density at radius 1 is 1.08 bits per heavy atom. The van der Waals surface area contributed by atoms with Crippen LogP contribution in [-0.4, -0.2) is 61.1 Å². The first-order valence-corrected chi connectivity index (χ1v) is 14.0. The zero-order valence-electron chi connectivity index (χ0n) is 20.7. The quantitative estimate of drug-likeness (QED) is 0.216. The molecule has 0 bridgehead atoms. The van der Waals surface area contributed by atoms with E-state index in [0.717, 1.165) is 11.8 Å². The van der Waals surface area contributed by atoms with Gasteiger partial charge in [-0.2, -0.15) is 0 Å². The van der Waals surface area contributed by atoms with Crippen LogP contribution in [0.1, 0.15) is 40.0 Å². The molecule has 200 valence electrons. The molecule has 1 aliphatic heterocycles. The summed E-state index contributed by atoms with van der Waals surface area (Å²) in [5.74, 6) is -0.602. The normalized spacial score (nSPS) is 20.7. The highest BCUT2D eigenvalue weighted by atomic mass is 32.2. The number of thioether (sulfide) groups is 1. The predicted octanol–water partition coefficient (Wildman–Crippen LogP) is 2.84. The molecule has 1 saturated heterocycles. The average molecular weight is 545 g/mol. The van der Waals surface area contributed by atoms with Crippen LogP contribution in [0, 0.1) is 5.41 Å².